The van der Waals surface area contributed by atoms with E-state index < -0.39 is 15.9 Å². The quantitative estimate of drug-likeness (QED) is 0.391. The van der Waals surface area contributed by atoms with E-state index in [1.54, 1.807) is 48.2 Å². The highest BCUT2D eigenvalue weighted by Gasteiger charge is 2.17. The number of para-hydroxylation sites is 2. The molecule has 3 N–H and O–H groups in total. The molecule has 0 saturated carbocycles. The summed E-state index contributed by atoms with van der Waals surface area (Å²) in [6.07, 6.45) is 1.97. The number of hydrazine groups is 1. The van der Waals surface area contributed by atoms with E-state index in [4.69, 9.17) is 0 Å². The molecular weight excluding hydrogens is 406 g/mol. The number of nitrogens with one attached hydrogen (secondary N) is 3. The van der Waals surface area contributed by atoms with Crippen LogP contribution in [0.2, 0.25) is 0 Å². The van der Waals surface area contributed by atoms with E-state index in [0.29, 0.717) is 11.3 Å². The molecule has 29 heavy (non-hydrogen) atoms. The van der Waals surface area contributed by atoms with Crippen molar-refractivity contribution in [2.24, 2.45) is 0 Å². The maximum absolute atomic E-state index is 12.7. The van der Waals surface area contributed by atoms with Gasteiger partial charge in [-0.1, -0.05) is 42.0 Å². The number of anilines is 2. The second kappa shape index (κ2) is 9.13. The zero-order chi connectivity index (χ0) is 20.9. The second-order valence-electron chi connectivity index (χ2n) is 6.24. The number of benzene rings is 3. The summed E-state index contributed by atoms with van der Waals surface area (Å²) in [5, 5.41) is 3.25. The monoisotopic (exact) mass is 427 g/mol. The van der Waals surface area contributed by atoms with Crippen molar-refractivity contribution in [3.63, 3.8) is 0 Å². The highest BCUT2D eigenvalue weighted by Crippen LogP contribution is 2.29. The van der Waals surface area contributed by atoms with E-state index >= 15 is 0 Å². The van der Waals surface area contributed by atoms with Gasteiger partial charge >= 0.3 is 0 Å². The lowest BCUT2D eigenvalue weighted by Gasteiger charge is -2.15. The maximum Gasteiger partial charge on any atom is 0.268 e. The zero-order valence-corrected chi connectivity index (χ0v) is 17.6. The number of thioether (sulfide) groups is 1. The van der Waals surface area contributed by atoms with Crippen LogP contribution in [-0.4, -0.2) is 20.6 Å². The molecule has 0 aliphatic heterocycles. The van der Waals surface area contributed by atoms with Gasteiger partial charge in [-0.2, -0.15) is 0 Å². The third-order valence-corrected chi connectivity index (χ3v) is 6.24. The van der Waals surface area contributed by atoms with Crippen LogP contribution in [0.1, 0.15) is 15.9 Å². The lowest BCUT2D eigenvalue weighted by atomic mass is 10.1. The highest BCUT2D eigenvalue weighted by atomic mass is 32.2. The molecule has 0 radical (unpaired) electrons. The number of aryl methyl sites for hydroxylation is 1. The Morgan fingerprint density at radius 2 is 1.48 bits per heavy atom. The van der Waals surface area contributed by atoms with Crippen LogP contribution >= 0.6 is 11.8 Å². The number of sulfonamides is 1. The molecule has 0 aliphatic carbocycles. The third kappa shape index (κ3) is 5.17. The van der Waals surface area contributed by atoms with Crippen LogP contribution in [0, 0.1) is 6.92 Å². The van der Waals surface area contributed by atoms with E-state index in [2.05, 4.69) is 15.6 Å². The molecule has 3 aromatic carbocycles. The molecule has 0 saturated heterocycles. The minimum atomic E-state index is -3.87. The number of hydrogen-bond donors (Lipinski definition) is 3. The summed E-state index contributed by atoms with van der Waals surface area (Å²) in [5.41, 5.74) is 4.97. The third-order valence-electron chi connectivity index (χ3n) is 4.18. The normalized spacial score (nSPS) is 11.1. The van der Waals surface area contributed by atoms with Gasteiger partial charge in [0.05, 0.1) is 21.8 Å². The molecule has 8 heteroatoms. The molecule has 3 rings (SSSR count). The SMILES string of the molecule is CSc1ccccc1Nc1ccccc1C(=O)NNS(=O)(=O)c1ccc(C)cc1. The molecule has 0 bridgehead atoms. The van der Waals surface area contributed by atoms with E-state index in [9.17, 15) is 13.2 Å². The average Bonchev–Trinajstić information content (AvgIpc) is 2.73. The summed E-state index contributed by atoms with van der Waals surface area (Å²) in [4.78, 5) is 15.9. The van der Waals surface area contributed by atoms with Crippen LogP contribution in [-0.2, 0) is 10.0 Å². The fourth-order valence-corrected chi connectivity index (χ4v) is 4.03. The van der Waals surface area contributed by atoms with Gasteiger partial charge in [0, 0.05) is 4.90 Å². The summed E-state index contributed by atoms with van der Waals surface area (Å²) in [5.74, 6) is -0.564. The van der Waals surface area contributed by atoms with Crippen molar-refractivity contribution in [3.8, 4) is 0 Å². The van der Waals surface area contributed by atoms with Gasteiger partial charge in [0.1, 0.15) is 0 Å². The number of carbonyl (C=O) groups excluding carboxylic acids is 1. The van der Waals surface area contributed by atoms with Gasteiger partial charge in [-0.15, -0.1) is 16.6 Å². The van der Waals surface area contributed by atoms with Crippen molar-refractivity contribution in [1.29, 1.82) is 0 Å². The van der Waals surface area contributed by atoms with Crippen molar-refractivity contribution >= 4 is 39.1 Å². The molecule has 0 atom stereocenters. The van der Waals surface area contributed by atoms with Gasteiger partial charge in [0.2, 0.25) is 0 Å². The Morgan fingerprint density at radius 1 is 0.862 bits per heavy atom. The Labute approximate surface area is 174 Å². The fraction of sp³-hybridized carbons (Fsp3) is 0.0952. The van der Waals surface area contributed by atoms with Crippen LogP contribution in [0.4, 0.5) is 11.4 Å². The largest absolute Gasteiger partial charge is 0.354 e. The smallest absolute Gasteiger partial charge is 0.268 e. The van der Waals surface area contributed by atoms with Gasteiger partial charge in [-0.3, -0.25) is 10.2 Å². The number of hydrogen-bond acceptors (Lipinski definition) is 5. The molecule has 1 amide bonds. The fourth-order valence-electron chi connectivity index (χ4n) is 2.64. The minimum absolute atomic E-state index is 0.0729. The standard InChI is InChI=1S/C21H21N3O3S2/c1-15-11-13-16(14-12-15)29(26,27)24-23-21(25)17-7-3-4-8-18(17)22-19-9-5-6-10-20(19)28-2/h3-14,22,24H,1-2H3,(H,23,25). The van der Waals surface area contributed by atoms with Crippen LogP contribution in [0.25, 0.3) is 0 Å². The number of amides is 1. The Hall–Kier alpha value is -2.81. The molecule has 0 spiro atoms. The predicted molar refractivity (Wildman–Crippen MR) is 117 cm³/mol. The molecule has 150 valence electrons. The summed E-state index contributed by atoms with van der Waals surface area (Å²) in [7, 11) is -3.87. The predicted octanol–water partition coefficient (Wildman–Crippen LogP) is 4.08. The van der Waals surface area contributed by atoms with Gasteiger partial charge in [0.25, 0.3) is 15.9 Å². The Balaban J connectivity index is 1.77. The van der Waals surface area contributed by atoms with E-state index in [1.165, 1.54) is 12.1 Å². The maximum atomic E-state index is 12.7. The van der Waals surface area contributed by atoms with Crippen molar-refractivity contribution in [3.05, 3.63) is 83.9 Å². The highest BCUT2D eigenvalue weighted by molar-refractivity contribution is 7.98. The first kappa shape index (κ1) is 20.9. The van der Waals surface area contributed by atoms with Crippen molar-refractivity contribution in [1.82, 2.24) is 10.3 Å². The van der Waals surface area contributed by atoms with E-state index in [1.807, 2.05) is 37.4 Å². The molecule has 6 nitrogen and oxygen atoms in total. The first-order valence-corrected chi connectivity index (χ1v) is 11.5. The van der Waals surface area contributed by atoms with Gasteiger partial charge in [-0.05, 0) is 49.6 Å². The number of rotatable bonds is 7. The van der Waals surface area contributed by atoms with Crippen LogP contribution in [0.15, 0.2) is 82.6 Å². The Kier molecular flexibility index (Phi) is 6.58. The summed E-state index contributed by atoms with van der Waals surface area (Å²) in [6.45, 7) is 1.87. The molecule has 0 aromatic heterocycles. The zero-order valence-electron chi connectivity index (χ0n) is 16.0. The molecule has 0 aliphatic rings. The topological polar surface area (TPSA) is 87.3 Å². The van der Waals surface area contributed by atoms with E-state index in [-0.39, 0.29) is 4.90 Å². The summed E-state index contributed by atoms with van der Waals surface area (Å²) in [6, 6.07) is 21.0. The minimum Gasteiger partial charge on any atom is -0.354 e. The lowest BCUT2D eigenvalue weighted by Crippen LogP contribution is -2.41. The lowest BCUT2D eigenvalue weighted by molar-refractivity contribution is 0.0946. The summed E-state index contributed by atoms with van der Waals surface area (Å²) >= 11 is 1.59. The first-order chi connectivity index (χ1) is 13.9. The van der Waals surface area contributed by atoms with E-state index in [0.717, 1.165) is 16.1 Å². The first-order valence-electron chi connectivity index (χ1n) is 8.78. The van der Waals surface area contributed by atoms with Crippen molar-refractivity contribution < 1.29 is 13.2 Å². The molecule has 0 fully saturated rings. The Morgan fingerprint density at radius 3 is 2.17 bits per heavy atom. The van der Waals surface area contributed by atoms with Crippen LogP contribution < -0.4 is 15.6 Å². The average molecular weight is 428 g/mol. The second-order valence-corrected chi connectivity index (χ2v) is 8.77. The Bertz CT molecular complexity index is 1110. The van der Waals surface area contributed by atoms with Gasteiger partial charge < -0.3 is 5.32 Å². The van der Waals surface area contributed by atoms with Crippen molar-refractivity contribution in [2.45, 2.75) is 16.7 Å². The molecule has 0 unspecified atom stereocenters. The number of carbonyl (C=O) groups is 1. The molecular formula is C21H21N3O3S2. The van der Waals surface area contributed by atoms with Crippen LogP contribution in [0.5, 0.6) is 0 Å². The van der Waals surface area contributed by atoms with Crippen LogP contribution in [0.3, 0.4) is 0 Å². The van der Waals surface area contributed by atoms with Gasteiger partial charge in [0.15, 0.2) is 0 Å². The summed E-state index contributed by atoms with van der Waals surface area (Å²) < 4.78 is 24.8. The van der Waals surface area contributed by atoms with Crippen molar-refractivity contribution in [2.75, 3.05) is 11.6 Å². The molecule has 3 aromatic rings. The molecule has 0 heterocycles. The van der Waals surface area contributed by atoms with Gasteiger partial charge in [-0.25, -0.2) is 8.42 Å².